The van der Waals surface area contributed by atoms with Crippen molar-refractivity contribution in [1.29, 1.82) is 0 Å². The maximum atomic E-state index is 13.8. The third-order valence-corrected chi connectivity index (χ3v) is 4.81. The van der Waals surface area contributed by atoms with E-state index in [0.29, 0.717) is 12.4 Å². The predicted molar refractivity (Wildman–Crippen MR) is 99.0 cm³/mol. The van der Waals surface area contributed by atoms with Crippen LogP contribution in [0.2, 0.25) is 0 Å². The van der Waals surface area contributed by atoms with Gasteiger partial charge >= 0.3 is 0 Å². The van der Waals surface area contributed by atoms with Gasteiger partial charge in [0.15, 0.2) is 11.6 Å². The average molecular weight is 423 g/mol. The van der Waals surface area contributed by atoms with Crippen molar-refractivity contribution in [2.24, 2.45) is 0 Å². The molecule has 0 spiro atoms. The van der Waals surface area contributed by atoms with Gasteiger partial charge in [-0.3, -0.25) is 4.90 Å². The zero-order valence-electron chi connectivity index (χ0n) is 12.8. The Balaban J connectivity index is 1.53. The molecule has 3 rings (SSSR count). The molecule has 0 N–H and O–H groups in total. The van der Waals surface area contributed by atoms with Crippen molar-refractivity contribution in [3.63, 3.8) is 0 Å². The summed E-state index contributed by atoms with van der Waals surface area (Å²) in [7, 11) is 0. The second kappa shape index (κ2) is 7.93. The van der Waals surface area contributed by atoms with Crippen LogP contribution >= 0.6 is 22.6 Å². The fourth-order valence-corrected chi connectivity index (χ4v) is 3.28. The van der Waals surface area contributed by atoms with Gasteiger partial charge in [-0.25, -0.2) is 4.39 Å². The van der Waals surface area contributed by atoms with Crippen LogP contribution in [0.4, 0.5) is 4.39 Å². The fraction of sp³-hybridized carbons (Fsp3) is 0.263. The van der Waals surface area contributed by atoms with Gasteiger partial charge in [0, 0.05) is 19.6 Å². The lowest BCUT2D eigenvalue weighted by Crippen LogP contribution is -2.29. The molecule has 0 atom stereocenters. The van der Waals surface area contributed by atoms with Crippen LogP contribution in [0.15, 0.2) is 60.2 Å². The lowest BCUT2D eigenvalue weighted by atomic mass is 10.1. The third kappa shape index (κ3) is 4.54. The first-order valence-corrected chi connectivity index (χ1v) is 8.81. The molecule has 0 bridgehead atoms. The van der Waals surface area contributed by atoms with E-state index in [1.54, 1.807) is 6.07 Å². The molecule has 2 aromatic carbocycles. The van der Waals surface area contributed by atoms with E-state index < -0.39 is 0 Å². The van der Waals surface area contributed by atoms with Crippen LogP contribution in [-0.4, -0.2) is 24.6 Å². The Bertz CT molecular complexity index is 667. The molecule has 120 valence electrons. The van der Waals surface area contributed by atoms with Crippen LogP contribution in [-0.2, 0) is 6.54 Å². The third-order valence-electron chi connectivity index (χ3n) is 3.96. The van der Waals surface area contributed by atoms with Crippen molar-refractivity contribution in [2.75, 3.05) is 19.7 Å². The number of ether oxygens (including phenoxy) is 1. The standard InChI is InChI=1S/C19H19FINO/c20-17-7-4-8-18(21)19(17)23-14-16-9-11-22(12-10-16)13-15-5-2-1-3-6-15/h1-9H,10-14H2. The number of rotatable bonds is 5. The van der Waals surface area contributed by atoms with Gasteiger partial charge in [-0.15, -0.1) is 0 Å². The minimum atomic E-state index is -0.293. The van der Waals surface area contributed by atoms with Crippen LogP contribution in [0.3, 0.4) is 0 Å². The second-order valence-corrected chi connectivity index (χ2v) is 6.83. The quantitative estimate of drug-likeness (QED) is 0.513. The topological polar surface area (TPSA) is 12.5 Å². The zero-order chi connectivity index (χ0) is 16.1. The van der Waals surface area contributed by atoms with Crippen molar-refractivity contribution in [3.8, 4) is 5.75 Å². The number of hydrogen-bond acceptors (Lipinski definition) is 2. The van der Waals surface area contributed by atoms with E-state index in [2.05, 4.69) is 57.8 Å². The predicted octanol–water partition coefficient (Wildman–Crippen LogP) is 4.64. The smallest absolute Gasteiger partial charge is 0.168 e. The summed E-state index contributed by atoms with van der Waals surface area (Å²) in [6, 6.07) is 15.5. The van der Waals surface area contributed by atoms with E-state index in [1.807, 2.05) is 12.1 Å². The van der Waals surface area contributed by atoms with E-state index in [9.17, 15) is 4.39 Å². The van der Waals surface area contributed by atoms with Gasteiger partial charge in [-0.05, 0) is 52.3 Å². The molecule has 2 nitrogen and oxygen atoms in total. The first-order valence-electron chi connectivity index (χ1n) is 7.73. The molecule has 23 heavy (non-hydrogen) atoms. The highest BCUT2D eigenvalue weighted by molar-refractivity contribution is 14.1. The Hall–Kier alpha value is -1.40. The number of para-hydroxylation sites is 1. The molecule has 2 aromatic rings. The van der Waals surface area contributed by atoms with Crippen molar-refractivity contribution < 1.29 is 9.13 Å². The molecule has 1 heterocycles. The highest BCUT2D eigenvalue weighted by Gasteiger charge is 2.14. The van der Waals surface area contributed by atoms with Crippen LogP contribution in [0.1, 0.15) is 12.0 Å². The van der Waals surface area contributed by atoms with Gasteiger partial charge in [0.05, 0.1) is 3.57 Å². The molecule has 4 heteroatoms. The van der Waals surface area contributed by atoms with Crippen LogP contribution in [0, 0.1) is 9.39 Å². The lowest BCUT2D eigenvalue weighted by molar-refractivity contribution is 0.267. The Morgan fingerprint density at radius 3 is 2.61 bits per heavy atom. The molecule has 0 unspecified atom stereocenters. The van der Waals surface area contributed by atoms with Gasteiger partial charge in [0.1, 0.15) is 6.61 Å². The van der Waals surface area contributed by atoms with Crippen LogP contribution in [0.25, 0.3) is 0 Å². The number of nitrogens with zero attached hydrogens (tertiary/aromatic N) is 1. The summed E-state index contributed by atoms with van der Waals surface area (Å²) >= 11 is 2.10. The molecule has 0 amide bonds. The highest BCUT2D eigenvalue weighted by atomic mass is 127. The molecule has 0 aliphatic carbocycles. The summed E-state index contributed by atoms with van der Waals surface area (Å²) in [6.45, 7) is 3.37. The molecular formula is C19H19FINO. The molecule has 0 radical (unpaired) electrons. The summed E-state index contributed by atoms with van der Waals surface area (Å²) in [6.07, 6.45) is 3.18. The van der Waals surface area contributed by atoms with E-state index in [-0.39, 0.29) is 5.82 Å². The maximum Gasteiger partial charge on any atom is 0.168 e. The largest absolute Gasteiger partial charge is 0.485 e. The van der Waals surface area contributed by atoms with Crippen LogP contribution in [0.5, 0.6) is 5.75 Å². The molecule has 0 saturated heterocycles. The van der Waals surface area contributed by atoms with Gasteiger partial charge in [0.2, 0.25) is 0 Å². The Morgan fingerprint density at radius 2 is 1.91 bits per heavy atom. The lowest BCUT2D eigenvalue weighted by Gasteiger charge is -2.26. The summed E-state index contributed by atoms with van der Waals surface area (Å²) < 4.78 is 20.3. The Morgan fingerprint density at radius 1 is 1.09 bits per heavy atom. The normalized spacial score (nSPS) is 15.3. The molecule has 0 saturated carbocycles. The summed E-state index contributed by atoms with van der Waals surface area (Å²) in [5, 5.41) is 0. The Kier molecular flexibility index (Phi) is 5.67. The molecule has 0 fully saturated rings. The number of benzene rings is 2. The summed E-state index contributed by atoms with van der Waals surface area (Å²) in [5.41, 5.74) is 2.58. The molecular weight excluding hydrogens is 404 g/mol. The average Bonchev–Trinajstić information content (AvgIpc) is 2.57. The van der Waals surface area contributed by atoms with Gasteiger partial charge in [0.25, 0.3) is 0 Å². The van der Waals surface area contributed by atoms with Crippen molar-refractivity contribution >= 4 is 22.6 Å². The van der Waals surface area contributed by atoms with Crippen LogP contribution < -0.4 is 4.74 Å². The monoisotopic (exact) mass is 423 g/mol. The van der Waals surface area contributed by atoms with E-state index in [0.717, 1.165) is 29.6 Å². The first-order chi connectivity index (χ1) is 11.2. The number of hydrogen-bond donors (Lipinski definition) is 0. The molecule has 1 aliphatic heterocycles. The minimum absolute atomic E-state index is 0.293. The second-order valence-electron chi connectivity index (χ2n) is 5.67. The highest BCUT2D eigenvalue weighted by Crippen LogP contribution is 2.25. The minimum Gasteiger partial charge on any atom is -0.485 e. The summed E-state index contributed by atoms with van der Waals surface area (Å²) in [5.74, 6) is 0.0692. The maximum absolute atomic E-state index is 13.8. The van der Waals surface area contributed by atoms with E-state index >= 15 is 0 Å². The van der Waals surface area contributed by atoms with E-state index in [1.165, 1.54) is 17.2 Å². The molecule has 0 aromatic heterocycles. The zero-order valence-corrected chi connectivity index (χ0v) is 15.0. The van der Waals surface area contributed by atoms with Gasteiger partial charge < -0.3 is 4.74 Å². The SMILES string of the molecule is Fc1cccc(I)c1OCC1=CCN(Cc2ccccc2)CC1. The van der Waals surface area contributed by atoms with Crippen molar-refractivity contribution in [3.05, 3.63) is 75.1 Å². The summed E-state index contributed by atoms with van der Waals surface area (Å²) in [4.78, 5) is 2.41. The first kappa shape index (κ1) is 16.5. The van der Waals surface area contributed by atoms with Crippen molar-refractivity contribution in [2.45, 2.75) is 13.0 Å². The van der Waals surface area contributed by atoms with Gasteiger partial charge in [-0.1, -0.05) is 42.5 Å². The number of halogens is 2. The van der Waals surface area contributed by atoms with Gasteiger partial charge in [-0.2, -0.15) is 0 Å². The van der Waals surface area contributed by atoms with Crippen molar-refractivity contribution in [1.82, 2.24) is 4.90 Å². The fourth-order valence-electron chi connectivity index (χ4n) is 2.65. The Labute approximate surface area is 150 Å². The molecule has 1 aliphatic rings. The van der Waals surface area contributed by atoms with E-state index in [4.69, 9.17) is 4.74 Å².